The van der Waals surface area contributed by atoms with E-state index in [0.29, 0.717) is 36.6 Å². The van der Waals surface area contributed by atoms with Crippen molar-refractivity contribution in [3.8, 4) is 0 Å². The van der Waals surface area contributed by atoms with E-state index in [1.165, 1.54) is 16.7 Å². The van der Waals surface area contributed by atoms with Crippen LogP contribution in [0.5, 0.6) is 0 Å². The molecule has 0 N–H and O–H groups in total. The van der Waals surface area contributed by atoms with Gasteiger partial charge in [0.15, 0.2) is 0 Å². The third kappa shape index (κ3) is 4.08. The molecule has 1 aromatic rings. The van der Waals surface area contributed by atoms with Crippen molar-refractivity contribution in [1.29, 1.82) is 0 Å². The predicted octanol–water partition coefficient (Wildman–Crippen LogP) is 6.82. The van der Waals surface area contributed by atoms with Gasteiger partial charge in [0, 0.05) is 0 Å². The third-order valence-corrected chi connectivity index (χ3v) is 6.45. The Bertz CT molecular complexity index is 786. The molecule has 150 valence electrons. The van der Waals surface area contributed by atoms with Crippen LogP contribution >= 0.6 is 0 Å². The highest BCUT2D eigenvalue weighted by atomic mass is 15.1. The fourth-order valence-corrected chi connectivity index (χ4v) is 5.17. The van der Waals surface area contributed by atoms with E-state index in [4.69, 9.17) is 0 Å². The fraction of sp³-hybridized carbons (Fsp3) is 0.538. The topological polar surface area (TPSA) is 3.24 Å². The molecule has 0 fully saturated rings. The van der Waals surface area contributed by atoms with Crippen LogP contribution < -0.4 is 0 Å². The second kappa shape index (κ2) is 8.45. The summed E-state index contributed by atoms with van der Waals surface area (Å²) in [6.07, 6.45) is 8.67. The average molecular weight is 375 g/mol. The number of benzene rings is 1. The van der Waals surface area contributed by atoms with Gasteiger partial charge < -0.3 is 4.81 Å². The summed E-state index contributed by atoms with van der Waals surface area (Å²) in [6.45, 7) is 19.2. The Morgan fingerprint density at radius 1 is 0.857 bits per heavy atom. The molecule has 1 nitrogen and oxygen atoms in total. The van der Waals surface area contributed by atoms with E-state index in [9.17, 15) is 0 Å². The van der Waals surface area contributed by atoms with E-state index in [2.05, 4.69) is 103 Å². The van der Waals surface area contributed by atoms with Gasteiger partial charge in [0.25, 0.3) is 6.85 Å². The standard InChI is InChI=1S/C26H38BN/c1-17(2)23-15-25(18(3)4)26(16-23)27(28(19(5)6)20(7)8)24-13-21-11-9-10-12-22(21)14-24/h9-13,15-20,26H,14H2,1-8H3. The Kier molecular flexibility index (Phi) is 6.39. The van der Waals surface area contributed by atoms with Crippen molar-refractivity contribution in [2.75, 3.05) is 0 Å². The van der Waals surface area contributed by atoms with Gasteiger partial charge in [-0.25, -0.2) is 0 Å². The van der Waals surface area contributed by atoms with Gasteiger partial charge in [-0.15, -0.1) is 0 Å². The van der Waals surface area contributed by atoms with Crippen molar-refractivity contribution >= 4 is 12.9 Å². The van der Waals surface area contributed by atoms with Crippen LogP contribution in [0.4, 0.5) is 0 Å². The molecule has 0 saturated heterocycles. The van der Waals surface area contributed by atoms with E-state index >= 15 is 0 Å². The first-order chi connectivity index (χ1) is 13.2. The Morgan fingerprint density at radius 3 is 2.04 bits per heavy atom. The maximum Gasteiger partial charge on any atom is 0.265 e. The van der Waals surface area contributed by atoms with Gasteiger partial charge in [-0.1, -0.05) is 109 Å². The van der Waals surface area contributed by atoms with E-state index in [1.807, 2.05) is 0 Å². The monoisotopic (exact) mass is 375 g/mol. The van der Waals surface area contributed by atoms with Crippen molar-refractivity contribution in [1.82, 2.24) is 4.81 Å². The SMILES string of the molecule is CC(C)C1=CC(B(C2=Cc3ccccc3C2)N(C(C)C)C(C)C)C(C(C)C)=C1. The fourth-order valence-electron chi connectivity index (χ4n) is 5.17. The van der Waals surface area contributed by atoms with Crippen LogP contribution in [0, 0.1) is 11.8 Å². The molecule has 0 heterocycles. The summed E-state index contributed by atoms with van der Waals surface area (Å²) in [5.74, 6) is 1.63. The Labute approximate surface area is 173 Å². The molecule has 0 radical (unpaired) electrons. The first-order valence-electron chi connectivity index (χ1n) is 11.2. The minimum Gasteiger partial charge on any atom is -0.333 e. The molecular weight excluding hydrogens is 337 g/mol. The molecule has 3 rings (SSSR count). The molecule has 0 bridgehead atoms. The maximum absolute atomic E-state index is 2.75. The van der Waals surface area contributed by atoms with Crippen molar-refractivity contribution in [2.24, 2.45) is 11.8 Å². The number of fused-ring (bicyclic) bond motifs is 1. The maximum atomic E-state index is 2.75. The van der Waals surface area contributed by atoms with E-state index in [0.717, 1.165) is 6.42 Å². The average Bonchev–Trinajstić information content (AvgIpc) is 3.23. The number of hydrogen-bond donors (Lipinski definition) is 0. The summed E-state index contributed by atoms with van der Waals surface area (Å²) < 4.78 is 0. The summed E-state index contributed by atoms with van der Waals surface area (Å²) in [5, 5.41) is 0. The summed E-state index contributed by atoms with van der Waals surface area (Å²) in [7, 11) is 0. The smallest absolute Gasteiger partial charge is 0.265 e. The van der Waals surface area contributed by atoms with Crippen molar-refractivity contribution in [3.05, 3.63) is 64.2 Å². The van der Waals surface area contributed by atoms with E-state index in [1.54, 1.807) is 11.0 Å². The normalized spacial score (nSPS) is 19.0. The highest BCUT2D eigenvalue weighted by molar-refractivity contribution is 6.68. The van der Waals surface area contributed by atoms with Crippen LogP contribution in [0.1, 0.15) is 66.5 Å². The van der Waals surface area contributed by atoms with Crippen LogP contribution in [0.25, 0.3) is 6.08 Å². The van der Waals surface area contributed by atoms with Gasteiger partial charge in [-0.2, -0.15) is 0 Å². The van der Waals surface area contributed by atoms with Crippen LogP contribution in [0.15, 0.2) is 53.0 Å². The first kappa shape index (κ1) is 21.2. The molecule has 1 unspecified atom stereocenters. The predicted molar refractivity (Wildman–Crippen MR) is 126 cm³/mol. The summed E-state index contributed by atoms with van der Waals surface area (Å²) >= 11 is 0. The Balaban J connectivity index is 2.09. The van der Waals surface area contributed by atoms with Crippen LogP contribution in [0.3, 0.4) is 0 Å². The highest BCUT2D eigenvalue weighted by Crippen LogP contribution is 2.44. The third-order valence-electron chi connectivity index (χ3n) is 6.45. The molecule has 0 saturated carbocycles. The second-order valence-electron chi connectivity index (χ2n) is 9.82. The largest absolute Gasteiger partial charge is 0.333 e. The molecule has 1 atom stereocenters. The summed E-state index contributed by atoms with van der Waals surface area (Å²) in [6, 6.07) is 9.95. The summed E-state index contributed by atoms with van der Waals surface area (Å²) in [4.78, 5) is 2.75. The quantitative estimate of drug-likeness (QED) is 0.472. The van der Waals surface area contributed by atoms with Gasteiger partial charge in [0.05, 0.1) is 0 Å². The first-order valence-corrected chi connectivity index (χ1v) is 11.2. The Morgan fingerprint density at radius 2 is 1.50 bits per heavy atom. The van der Waals surface area contributed by atoms with Crippen LogP contribution in [0.2, 0.25) is 5.82 Å². The van der Waals surface area contributed by atoms with Crippen molar-refractivity contribution < 1.29 is 0 Å². The molecule has 2 heteroatoms. The minimum absolute atomic E-state index is 0.428. The molecule has 2 aliphatic carbocycles. The van der Waals surface area contributed by atoms with Gasteiger partial charge in [0.2, 0.25) is 0 Å². The van der Waals surface area contributed by atoms with Gasteiger partial charge in [0.1, 0.15) is 0 Å². The lowest BCUT2D eigenvalue weighted by Gasteiger charge is -2.41. The number of rotatable bonds is 7. The molecule has 0 amide bonds. The van der Waals surface area contributed by atoms with E-state index < -0.39 is 0 Å². The van der Waals surface area contributed by atoms with Crippen molar-refractivity contribution in [3.63, 3.8) is 0 Å². The second-order valence-corrected chi connectivity index (χ2v) is 9.82. The number of nitrogens with zero attached hydrogens (tertiary/aromatic N) is 1. The van der Waals surface area contributed by atoms with Crippen molar-refractivity contribution in [2.45, 2.75) is 79.7 Å². The summed E-state index contributed by atoms with van der Waals surface area (Å²) in [5.41, 5.74) is 7.60. The zero-order valence-corrected chi connectivity index (χ0v) is 19.2. The molecule has 2 aliphatic rings. The zero-order chi connectivity index (χ0) is 20.6. The number of hydrogen-bond acceptors (Lipinski definition) is 1. The minimum atomic E-state index is 0.428. The molecule has 28 heavy (non-hydrogen) atoms. The molecule has 0 aromatic heterocycles. The van der Waals surface area contributed by atoms with Gasteiger partial charge in [-0.05, 0) is 52.9 Å². The molecule has 1 aromatic carbocycles. The highest BCUT2D eigenvalue weighted by Gasteiger charge is 2.42. The molecule has 0 spiro atoms. The Hall–Kier alpha value is -1.54. The lowest BCUT2D eigenvalue weighted by atomic mass is 9.41. The number of allylic oxidation sites excluding steroid dienone is 5. The van der Waals surface area contributed by atoms with Gasteiger partial charge in [-0.3, -0.25) is 0 Å². The van der Waals surface area contributed by atoms with E-state index in [-0.39, 0.29) is 0 Å². The lowest BCUT2D eigenvalue weighted by molar-refractivity contribution is 0.302. The lowest BCUT2D eigenvalue weighted by Crippen LogP contribution is -2.52. The molecular formula is C26H38BN. The molecule has 0 aliphatic heterocycles. The van der Waals surface area contributed by atoms with Crippen LogP contribution in [-0.4, -0.2) is 23.7 Å². The van der Waals surface area contributed by atoms with Crippen LogP contribution in [-0.2, 0) is 6.42 Å². The zero-order valence-electron chi connectivity index (χ0n) is 19.2. The van der Waals surface area contributed by atoms with Gasteiger partial charge >= 0.3 is 0 Å².